The van der Waals surface area contributed by atoms with Crippen LogP contribution in [0.5, 0.6) is 5.75 Å². The van der Waals surface area contributed by atoms with Gasteiger partial charge in [-0.3, -0.25) is 9.78 Å². The van der Waals surface area contributed by atoms with Crippen molar-refractivity contribution in [1.29, 1.82) is 5.26 Å². The molecule has 0 spiro atoms. The van der Waals surface area contributed by atoms with Gasteiger partial charge in [-0.15, -0.1) is 12.4 Å². The average molecular weight is 726 g/mol. The normalized spacial score (nSPS) is 17.5. The number of rotatable bonds is 9. The van der Waals surface area contributed by atoms with E-state index in [1.165, 1.54) is 24.1 Å². The average Bonchev–Trinajstić information content (AvgIpc) is 3.61. The first-order valence-electron chi connectivity index (χ1n) is 16.8. The first kappa shape index (κ1) is 36.3. The third-order valence-corrected chi connectivity index (χ3v) is 9.48. The molecule has 0 radical (unpaired) electrons. The molecule has 4 heterocycles. The number of carbonyl (C=O) groups excluding carboxylic acids is 1. The highest BCUT2D eigenvalue weighted by atomic mass is 35.5. The molecular weight excluding hydrogens is 689 g/mol. The van der Waals surface area contributed by atoms with Gasteiger partial charge in [0, 0.05) is 49.2 Å². The molecule has 13 heteroatoms. The zero-order valence-corrected chi connectivity index (χ0v) is 29.1. The third kappa shape index (κ3) is 7.16. The first-order chi connectivity index (χ1) is 24.9. The fraction of sp³-hybridized carbons (Fsp3) is 0.282. The molecule has 2 fully saturated rings. The number of ether oxygens (including phenoxy) is 2. The summed E-state index contributed by atoms with van der Waals surface area (Å²) in [4.78, 5) is 32.2. The molecule has 0 aliphatic carbocycles. The number of alkyl halides is 1. The number of carboxylic acids is 1. The molecule has 268 valence electrons. The second kappa shape index (κ2) is 15.8. The highest BCUT2D eigenvalue weighted by Gasteiger charge is 2.36. The van der Waals surface area contributed by atoms with Gasteiger partial charge in [0.05, 0.1) is 41.2 Å². The van der Waals surface area contributed by atoms with E-state index in [-0.39, 0.29) is 41.8 Å². The molecule has 3 aromatic carbocycles. The number of fused-ring (bicyclic) bond motifs is 1. The van der Waals surface area contributed by atoms with Crippen LogP contribution in [0.3, 0.4) is 0 Å². The summed E-state index contributed by atoms with van der Waals surface area (Å²) in [5, 5.41) is 26.4. The van der Waals surface area contributed by atoms with Gasteiger partial charge in [0.15, 0.2) is 5.58 Å². The molecule has 2 aliphatic heterocycles. The van der Waals surface area contributed by atoms with Crippen LogP contribution in [0.15, 0.2) is 83.4 Å². The molecule has 2 aromatic heterocycles. The molecule has 2 saturated heterocycles. The van der Waals surface area contributed by atoms with E-state index >= 15 is 4.39 Å². The number of nitrogens with one attached hydrogen (secondary N) is 2. The number of pyridine rings is 1. The number of methoxy groups -OCH3 is 1. The van der Waals surface area contributed by atoms with Crippen molar-refractivity contribution >= 4 is 46.8 Å². The minimum atomic E-state index is -1.41. The van der Waals surface area contributed by atoms with Crippen LogP contribution in [0.25, 0.3) is 33.6 Å². The number of para-hydroxylation sites is 1. The predicted molar refractivity (Wildman–Crippen MR) is 197 cm³/mol. The molecular formula is C39H37ClFN5O6. The Morgan fingerprint density at radius 1 is 1.06 bits per heavy atom. The van der Waals surface area contributed by atoms with Crippen molar-refractivity contribution in [3.63, 3.8) is 0 Å². The number of amides is 1. The highest BCUT2D eigenvalue weighted by Crippen LogP contribution is 2.39. The molecule has 2 unspecified atom stereocenters. The number of benzene rings is 3. The Balaban J connectivity index is 0.00000464. The van der Waals surface area contributed by atoms with E-state index in [1.54, 1.807) is 42.6 Å². The second-order valence-electron chi connectivity index (χ2n) is 12.6. The number of furan rings is 1. The van der Waals surface area contributed by atoms with Gasteiger partial charge in [-0.25, -0.2) is 9.18 Å². The summed E-state index contributed by atoms with van der Waals surface area (Å²) in [5.41, 5.74) is 4.69. The number of carboxylic acid groups (broad SMARTS) is 1. The van der Waals surface area contributed by atoms with Crippen LogP contribution in [-0.2, 0) is 4.74 Å². The van der Waals surface area contributed by atoms with Gasteiger partial charge in [0.2, 0.25) is 0 Å². The fourth-order valence-electron chi connectivity index (χ4n) is 6.86. The summed E-state index contributed by atoms with van der Waals surface area (Å²) in [5.74, 6) is -1.01. The van der Waals surface area contributed by atoms with E-state index in [9.17, 15) is 20.0 Å². The van der Waals surface area contributed by atoms with Crippen molar-refractivity contribution < 1.29 is 33.0 Å². The van der Waals surface area contributed by atoms with Crippen molar-refractivity contribution in [3.05, 3.63) is 95.7 Å². The Morgan fingerprint density at radius 3 is 2.62 bits per heavy atom. The maximum absolute atomic E-state index is 15.4. The van der Waals surface area contributed by atoms with Crippen molar-refractivity contribution in [2.24, 2.45) is 0 Å². The van der Waals surface area contributed by atoms with E-state index < -0.39 is 24.1 Å². The molecule has 2 atom stereocenters. The zero-order valence-electron chi connectivity index (χ0n) is 28.3. The van der Waals surface area contributed by atoms with Gasteiger partial charge in [-0.1, -0.05) is 18.2 Å². The molecule has 0 bridgehead atoms. The van der Waals surface area contributed by atoms with Gasteiger partial charge in [-0.2, -0.15) is 5.26 Å². The molecule has 3 N–H and O–H groups in total. The Kier molecular flexibility index (Phi) is 11.0. The number of piperidine rings is 1. The lowest BCUT2D eigenvalue weighted by molar-refractivity contribution is 0.0697. The van der Waals surface area contributed by atoms with Gasteiger partial charge >= 0.3 is 5.97 Å². The number of aromatic carboxylic acids is 1. The lowest BCUT2D eigenvalue weighted by Gasteiger charge is -2.37. The van der Waals surface area contributed by atoms with Crippen molar-refractivity contribution in [3.8, 4) is 34.3 Å². The van der Waals surface area contributed by atoms with Gasteiger partial charge in [0.1, 0.15) is 29.3 Å². The van der Waals surface area contributed by atoms with Crippen LogP contribution in [0.1, 0.15) is 45.5 Å². The molecule has 1 amide bonds. The summed E-state index contributed by atoms with van der Waals surface area (Å²) >= 11 is 0. The monoisotopic (exact) mass is 725 g/mol. The number of aromatic nitrogens is 1. The van der Waals surface area contributed by atoms with Crippen molar-refractivity contribution in [2.75, 3.05) is 43.6 Å². The molecule has 0 saturated carbocycles. The number of nitrogens with zero attached hydrogens (tertiary/aromatic N) is 3. The summed E-state index contributed by atoms with van der Waals surface area (Å²) in [6.45, 7) is 1.90. The quantitative estimate of drug-likeness (QED) is 0.144. The fourth-order valence-corrected chi connectivity index (χ4v) is 6.86. The van der Waals surface area contributed by atoms with Crippen LogP contribution >= 0.6 is 12.4 Å². The van der Waals surface area contributed by atoms with E-state index in [2.05, 4.69) is 21.7 Å². The third-order valence-electron chi connectivity index (χ3n) is 9.48. The molecule has 52 heavy (non-hydrogen) atoms. The minimum Gasteiger partial charge on any atom is -0.496 e. The van der Waals surface area contributed by atoms with Gasteiger partial charge < -0.3 is 34.5 Å². The van der Waals surface area contributed by atoms with Crippen LogP contribution in [-0.4, -0.2) is 73.6 Å². The largest absolute Gasteiger partial charge is 0.496 e. The Labute approximate surface area is 305 Å². The molecule has 2 aliphatic rings. The Morgan fingerprint density at radius 2 is 1.87 bits per heavy atom. The summed E-state index contributed by atoms with van der Waals surface area (Å²) in [7, 11) is 1.47. The van der Waals surface area contributed by atoms with Crippen LogP contribution in [0, 0.1) is 11.3 Å². The number of hydrogen-bond acceptors (Lipinski definition) is 9. The summed E-state index contributed by atoms with van der Waals surface area (Å²) in [6.07, 6.45) is 2.32. The maximum Gasteiger partial charge on any atom is 0.337 e. The summed E-state index contributed by atoms with van der Waals surface area (Å²) < 4.78 is 33.0. The van der Waals surface area contributed by atoms with Crippen LogP contribution in [0.4, 0.5) is 15.8 Å². The SMILES string of the molecule is COc1cc(C(=O)N(c2ccccc2C(=O)O)C2CCNCC2F)ccc1-c1cc2nccc(-c3ccc(NC4CCOCC4)c(C#N)c3)c2o1.Cl. The van der Waals surface area contributed by atoms with E-state index in [4.69, 9.17) is 13.9 Å². The van der Waals surface area contributed by atoms with Crippen LogP contribution in [0.2, 0.25) is 0 Å². The minimum absolute atomic E-state index is 0. The summed E-state index contributed by atoms with van der Waals surface area (Å²) in [6, 6.07) is 21.9. The maximum atomic E-state index is 15.4. The lowest BCUT2D eigenvalue weighted by Crippen LogP contribution is -2.53. The first-order valence-corrected chi connectivity index (χ1v) is 16.8. The van der Waals surface area contributed by atoms with E-state index in [1.807, 2.05) is 24.3 Å². The topological polar surface area (TPSA) is 150 Å². The van der Waals surface area contributed by atoms with Crippen molar-refractivity contribution in [2.45, 2.75) is 37.5 Å². The highest BCUT2D eigenvalue weighted by molar-refractivity contribution is 6.10. The smallest absolute Gasteiger partial charge is 0.337 e. The second-order valence-corrected chi connectivity index (χ2v) is 12.6. The predicted octanol–water partition coefficient (Wildman–Crippen LogP) is 7.10. The lowest BCUT2D eigenvalue weighted by atomic mass is 9.98. The van der Waals surface area contributed by atoms with E-state index in [0.29, 0.717) is 59.9 Å². The number of carbonyl (C=O) groups is 2. The molecule has 5 aromatic rings. The molecule has 11 nitrogen and oxygen atoms in total. The number of halogens is 2. The number of nitriles is 1. The molecule has 7 rings (SSSR count). The van der Waals surface area contributed by atoms with Gasteiger partial charge in [-0.05, 0) is 79.9 Å². The van der Waals surface area contributed by atoms with Crippen molar-refractivity contribution in [1.82, 2.24) is 10.3 Å². The Hall–Kier alpha value is -5.48. The van der Waals surface area contributed by atoms with Gasteiger partial charge in [0.25, 0.3) is 5.91 Å². The zero-order chi connectivity index (χ0) is 35.5. The standard InChI is InChI=1S/C39H36FN5O6.ClH/c1-49-35-19-24(38(46)45(34-11-14-42-22-30(34)40)33-5-3-2-4-28(33)39(47)48)6-8-29(35)36-20-32-37(51-36)27(10-15-43-32)23-7-9-31(25(18-23)21-41)44-26-12-16-50-17-13-26;/h2-10,15,18-20,26,30,34,42,44H,11-14,16-17,22H2,1H3,(H,47,48);1H. The Bertz CT molecular complexity index is 2150. The number of hydrogen-bond donors (Lipinski definition) is 3. The van der Waals surface area contributed by atoms with Crippen LogP contribution < -0.4 is 20.3 Å². The number of anilines is 2. The van der Waals surface area contributed by atoms with E-state index in [0.717, 1.165) is 29.7 Å².